The second kappa shape index (κ2) is 6.19. The smallest absolute Gasteiger partial charge is 0.119 e. The van der Waals surface area contributed by atoms with Gasteiger partial charge in [0.05, 0.1) is 19.8 Å². The molecule has 2 aromatic rings. The molecule has 1 aliphatic heterocycles. The van der Waals surface area contributed by atoms with Crippen molar-refractivity contribution in [1.82, 2.24) is 5.32 Å². The average molecular weight is 283 g/mol. The molecule has 1 unspecified atom stereocenters. The van der Waals surface area contributed by atoms with Gasteiger partial charge in [0.1, 0.15) is 11.5 Å². The topological polar surface area (TPSA) is 30.5 Å². The lowest BCUT2D eigenvalue weighted by Gasteiger charge is -2.18. The summed E-state index contributed by atoms with van der Waals surface area (Å²) in [6.07, 6.45) is 4.11. The summed E-state index contributed by atoms with van der Waals surface area (Å²) < 4.78 is 11.1. The molecule has 3 rings (SSSR count). The summed E-state index contributed by atoms with van der Waals surface area (Å²) in [7, 11) is 3.69. The fourth-order valence-electron chi connectivity index (χ4n) is 2.87. The molecular formula is C18H21NO2. The van der Waals surface area contributed by atoms with Gasteiger partial charge in [-0.05, 0) is 48.0 Å². The molecule has 0 amide bonds. The summed E-state index contributed by atoms with van der Waals surface area (Å²) in [6, 6.07) is 12.9. The first-order valence-corrected chi connectivity index (χ1v) is 7.37. The molecule has 0 aliphatic carbocycles. The van der Waals surface area contributed by atoms with Gasteiger partial charge in [0.15, 0.2) is 0 Å². The summed E-state index contributed by atoms with van der Waals surface area (Å²) in [6.45, 7) is 0.802. The van der Waals surface area contributed by atoms with Crippen LogP contribution in [0.1, 0.15) is 12.0 Å². The Balaban J connectivity index is 1.95. The molecule has 0 bridgehead atoms. The fourth-order valence-corrected chi connectivity index (χ4v) is 2.87. The van der Waals surface area contributed by atoms with Crippen LogP contribution in [0.25, 0.3) is 10.8 Å². The third-order valence-corrected chi connectivity index (χ3v) is 4.03. The highest BCUT2D eigenvalue weighted by Gasteiger charge is 2.18. The lowest BCUT2D eigenvalue weighted by atomic mass is 9.97. The largest absolute Gasteiger partial charge is 0.497 e. The van der Waals surface area contributed by atoms with Gasteiger partial charge in [-0.25, -0.2) is 0 Å². The molecule has 3 heteroatoms. The van der Waals surface area contributed by atoms with Crippen molar-refractivity contribution in [1.29, 1.82) is 0 Å². The van der Waals surface area contributed by atoms with Crippen LogP contribution in [0.5, 0.6) is 5.75 Å². The molecule has 21 heavy (non-hydrogen) atoms. The van der Waals surface area contributed by atoms with Crippen LogP contribution in [0.4, 0.5) is 0 Å². The Bertz CT molecular complexity index is 663. The van der Waals surface area contributed by atoms with E-state index in [-0.39, 0.29) is 6.04 Å². The first-order chi connectivity index (χ1) is 10.3. The number of ether oxygens (including phenoxy) is 2. The zero-order valence-corrected chi connectivity index (χ0v) is 12.6. The third kappa shape index (κ3) is 2.88. The summed E-state index contributed by atoms with van der Waals surface area (Å²) in [5.41, 5.74) is 1.31. The van der Waals surface area contributed by atoms with E-state index in [4.69, 9.17) is 9.47 Å². The Labute approximate surface area is 125 Å². The second-order valence-electron chi connectivity index (χ2n) is 5.29. The van der Waals surface area contributed by atoms with Crippen LogP contribution in [0.2, 0.25) is 0 Å². The van der Waals surface area contributed by atoms with Crippen LogP contribution in [-0.2, 0) is 11.2 Å². The molecule has 110 valence electrons. The number of benzene rings is 2. The number of nitrogens with one attached hydrogen (secondary N) is 1. The van der Waals surface area contributed by atoms with Gasteiger partial charge in [0.25, 0.3) is 0 Å². The quantitative estimate of drug-likeness (QED) is 0.913. The van der Waals surface area contributed by atoms with E-state index in [1.54, 1.807) is 7.11 Å². The maximum atomic E-state index is 5.71. The first kappa shape index (κ1) is 14.0. The van der Waals surface area contributed by atoms with Gasteiger partial charge in [-0.15, -0.1) is 0 Å². The molecule has 1 aliphatic rings. The van der Waals surface area contributed by atoms with E-state index in [9.17, 15) is 0 Å². The number of fused-ring (bicyclic) bond motifs is 1. The van der Waals surface area contributed by atoms with Crippen molar-refractivity contribution in [3.8, 4) is 5.75 Å². The van der Waals surface area contributed by atoms with Gasteiger partial charge >= 0.3 is 0 Å². The van der Waals surface area contributed by atoms with Crippen molar-refractivity contribution in [2.45, 2.75) is 18.9 Å². The number of likely N-dealkylation sites (N-methyl/N-ethyl adjacent to an activating group) is 1. The zero-order valence-electron chi connectivity index (χ0n) is 12.6. The van der Waals surface area contributed by atoms with Crippen molar-refractivity contribution < 1.29 is 9.47 Å². The summed E-state index contributed by atoms with van der Waals surface area (Å²) in [5.74, 6) is 1.96. The van der Waals surface area contributed by atoms with E-state index < -0.39 is 0 Å². The summed E-state index contributed by atoms with van der Waals surface area (Å²) in [4.78, 5) is 0. The monoisotopic (exact) mass is 283 g/mol. The van der Waals surface area contributed by atoms with Crippen LogP contribution in [-0.4, -0.2) is 26.8 Å². The van der Waals surface area contributed by atoms with E-state index in [1.807, 2.05) is 13.1 Å². The van der Waals surface area contributed by atoms with Crippen LogP contribution < -0.4 is 10.1 Å². The second-order valence-corrected chi connectivity index (χ2v) is 5.29. The average Bonchev–Trinajstić information content (AvgIpc) is 3.06. The molecule has 1 heterocycles. The fraction of sp³-hybridized carbons (Fsp3) is 0.333. The van der Waals surface area contributed by atoms with Gasteiger partial charge in [0, 0.05) is 6.42 Å². The lowest BCUT2D eigenvalue weighted by Crippen LogP contribution is -2.30. The Kier molecular flexibility index (Phi) is 4.11. The van der Waals surface area contributed by atoms with Crippen molar-refractivity contribution >= 4 is 10.8 Å². The van der Waals surface area contributed by atoms with Crippen LogP contribution >= 0.6 is 0 Å². The van der Waals surface area contributed by atoms with E-state index in [2.05, 4.69) is 41.7 Å². The van der Waals surface area contributed by atoms with E-state index in [0.29, 0.717) is 0 Å². The Morgan fingerprint density at radius 3 is 2.90 bits per heavy atom. The van der Waals surface area contributed by atoms with Gasteiger partial charge in [-0.2, -0.15) is 0 Å². The van der Waals surface area contributed by atoms with E-state index in [0.717, 1.165) is 31.0 Å². The van der Waals surface area contributed by atoms with Gasteiger partial charge < -0.3 is 14.8 Å². The predicted molar refractivity (Wildman–Crippen MR) is 85.7 cm³/mol. The van der Waals surface area contributed by atoms with Crippen LogP contribution in [0.15, 0.2) is 48.2 Å². The lowest BCUT2D eigenvalue weighted by molar-refractivity contribution is 0.217. The molecule has 1 N–H and O–H groups in total. The zero-order chi connectivity index (χ0) is 14.7. The molecule has 0 saturated heterocycles. The standard InChI is InChI=1S/C18H21NO2/c1-19-17(18-7-4-10-21-18)11-14-6-3-5-13-8-9-15(20-2)12-16(13)14/h3,5-9,12,17,19H,4,10-11H2,1-2H3. The van der Waals surface area contributed by atoms with Gasteiger partial charge in [0.2, 0.25) is 0 Å². The van der Waals surface area contributed by atoms with Crippen molar-refractivity contribution in [3.05, 3.63) is 53.8 Å². The maximum Gasteiger partial charge on any atom is 0.119 e. The van der Waals surface area contributed by atoms with E-state index >= 15 is 0 Å². The molecule has 2 aromatic carbocycles. The Hall–Kier alpha value is -2.00. The molecule has 0 fully saturated rings. The summed E-state index contributed by atoms with van der Waals surface area (Å²) >= 11 is 0. The molecule has 0 saturated carbocycles. The number of methoxy groups -OCH3 is 1. The van der Waals surface area contributed by atoms with Crippen LogP contribution in [0, 0.1) is 0 Å². The predicted octanol–water partition coefficient (Wildman–Crippen LogP) is 3.28. The minimum Gasteiger partial charge on any atom is -0.497 e. The minimum atomic E-state index is 0.226. The highest BCUT2D eigenvalue weighted by molar-refractivity contribution is 5.87. The van der Waals surface area contributed by atoms with Crippen molar-refractivity contribution in [3.63, 3.8) is 0 Å². The highest BCUT2D eigenvalue weighted by atomic mass is 16.5. The molecule has 0 spiro atoms. The third-order valence-electron chi connectivity index (χ3n) is 4.03. The number of rotatable bonds is 5. The highest BCUT2D eigenvalue weighted by Crippen LogP contribution is 2.26. The van der Waals surface area contributed by atoms with E-state index in [1.165, 1.54) is 16.3 Å². The maximum absolute atomic E-state index is 5.71. The molecule has 0 radical (unpaired) electrons. The SMILES string of the molecule is CNC(Cc1cccc2ccc(OC)cc12)C1=CCCO1. The van der Waals surface area contributed by atoms with Gasteiger partial charge in [-0.3, -0.25) is 0 Å². The molecule has 1 atom stereocenters. The van der Waals surface area contributed by atoms with Crippen LogP contribution in [0.3, 0.4) is 0 Å². The number of hydrogen-bond acceptors (Lipinski definition) is 3. The van der Waals surface area contributed by atoms with Gasteiger partial charge in [-0.1, -0.05) is 24.3 Å². The Morgan fingerprint density at radius 1 is 1.29 bits per heavy atom. The minimum absolute atomic E-state index is 0.226. The molecular weight excluding hydrogens is 262 g/mol. The first-order valence-electron chi connectivity index (χ1n) is 7.37. The molecule has 0 aromatic heterocycles. The summed E-state index contributed by atoms with van der Waals surface area (Å²) in [5, 5.41) is 5.85. The normalized spacial score (nSPS) is 15.6. The van der Waals surface area contributed by atoms with Crippen molar-refractivity contribution in [2.24, 2.45) is 0 Å². The Morgan fingerprint density at radius 2 is 2.19 bits per heavy atom. The van der Waals surface area contributed by atoms with Crippen molar-refractivity contribution in [2.75, 3.05) is 20.8 Å². The molecule has 3 nitrogen and oxygen atoms in total. The number of hydrogen-bond donors (Lipinski definition) is 1.